The predicted octanol–water partition coefficient (Wildman–Crippen LogP) is 4.88. The van der Waals surface area contributed by atoms with Gasteiger partial charge in [0.1, 0.15) is 0 Å². The minimum absolute atomic E-state index is 0.727. The van der Waals surface area contributed by atoms with Crippen LogP contribution in [0, 0.1) is 0 Å². The summed E-state index contributed by atoms with van der Waals surface area (Å²) in [6, 6.07) is 0. The van der Waals surface area contributed by atoms with Crippen molar-refractivity contribution >= 4 is 23.5 Å². The molecule has 0 bridgehead atoms. The molecule has 1 aliphatic rings. The third-order valence-electron chi connectivity index (χ3n) is 2.36. The first-order chi connectivity index (χ1) is 7.18. The largest absolute Gasteiger partial charge is 0.143 e. The van der Waals surface area contributed by atoms with Crippen LogP contribution >= 0.6 is 23.5 Å². The molecule has 0 unspecified atom stereocenters. The first kappa shape index (κ1) is 13.2. The Kier molecular flexibility index (Phi) is 6.58. The zero-order valence-corrected chi connectivity index (χ0v) is 11.7. The molecule has 0 nitrogen and oxygen atoms in total. The molecule has 0 atom stereocenters. The molecule has 0 aliphatic carbocycles. The Morgan fingerprint density at radius 3 is 2.47 bits per heavy atom. The molecule has 0 aromatic rings. The molecule has 2 heteroatoms. The fourth-order valence-corrected chi connectivity index (χ4v) is 4.40. The van der Waals surface area contributed by atoms with E-state index in [0.29, 0.717) is 0 Å². The Morgan fingerprint density at radius 1 is 1.20 bits per heavy atom. The Morgan fingerprint density at radius 2 is 1.87 bits per heavy atom. The van der Waals surface area contributed by atoms with Gasteiger partial charge in [0, 0.05) is 0 Å². The van der Waals surface area contributed by atoms with Crippen LogP contribution in [0.1, 0.15) is 40.0 Å². The molecule has 1 saturated heterocycles. The summed E-state index contributed by atoms with van der Waals surface area (Å²) in [5.74, 6) is 2.69. The average Bonchev–Trinajstić information content (AvgIpc) is 2.18. The number of hydrogen-bond donors (Lipinski definition) is 0. The summed E-state index contributed by atoms with van der Waals surface area (Å²) in [7, 11) is 0. The van der Waals surface area contributed by atoms with Gasteiger partial charge in [-0.15, -0.1) is 23.5 Å². The molecule has 1 fully saturated rings. The Bertz CT molecular complexity index is 231. The molecular weight excluding hydrogens is 220 g/mol. The highest BCUT2D eigenvalue weighted by Crippen LogP contribution is 2.32. The third-order valence-corrected chi connectivity index (χ3v) is 5.16. The molecule has 0 spiro atoms. The van der Waals surface area contributed by atoms with Crippen molar-refractivity contribution in [1.82, 2.24) is 0 Å². The van der Waals surface area contributed by atoms with E-state index in [9.17, 15) is 0 Å². The van der Waals surface area contributed by atoms with E-state index in [0.717, 1.165) is 4.58 Å². The zero-order chi connectivity index (χ0) is 11.1. The lowest BCUT2D eigenvalue weighted by Crippen LogP contribution is -2.04. The number of allylic oxidation sites excluding steroid dienone is 3. The quantitative estimate of drug-likeness (QED) is 0.645. The van der Waals surface area contributed by atoms with E-state index in [1.807, 2.05) is 0 Å². The van der Waals surface area contributed by atoms with Crippen molar-refractivity contribution in [3.63, 3.8) is 0 Å². The zero-order valence-electron chi connectivity index (χ0n) is 10.1. The second-order valence-corrected chi connectivity index (χ2v) is 7.09. The highest BCUT2D eigenvalue weighted by atomic mass is 32.2. The fraction of sp³-hybridized carbons (Fsp3) is 0.692. The van der Waals surface area contributed by atoms with E-state index < -0.39 is 0 Å². The van der Waals surface area contributed by atoms with Crippen molar-refractivity contribution in [2.45, 2.75) is 44.6 Å². The molecule has 0 saturated carbocycles. The second kappa shape index (κ2) is 7.45. The maximum atomic E-state index is 2.47. The summed E-state index contributed by atoms with van der Waals surface area (Å²) < 4.78 is 0.727. The summed E-state index contributed by atoms with van der Waals surface area (Å²) in [6.45, 7) is 6.62. The average molecular weight is 242 g/mol. The molecule has 86 valence electrons. The molecule has 0 N–H and O–H groups in total. The smallest absolute Gasteiger partial charge is 0.0684 e. The molecule has 1 heterocycles. The fourth-order valence-electron chi connectivity index (χ4n) is 1.51. The van der Waals surface area contributed by atoms with Crippen molar-refractivity contribution in [2.75, 3.05) is 11.5 Å². The summed E-state index contributed by atoms with van der Waals surface area (Å²) in [4.78, 5) is 0. The van der Waals surface area contributed by atoms with Gasteiger partial charge in [0.15, 0.2) is 0 Å². The molecule has 0 aromatic carbocycles. The number of thioether (sulfide) groups is 2. The van der Waals surface area contributed by atoms with Gasteiger partial charge in [-0.1, -0.05) is 23.3 Å². The maximum absolute atomic E-state index is 2.47. The van der Waals surface area contributed by atoms with Crippen LogP contribution in [-0.2, 0) is 0 Å². The van der Waals surface area contributed by atoms with E-state index >= 15 is 0 Å². The highest BCUT2D eigenvalue weighted by molar-refractivity contribution is 8.17. The van der Waals surface area contributed by atoms with Crippen LogP contribution in [0.25, 0.3) is 0 Å². The lowest BCUT2D eigenvalue weighted by molar-refractivity contribution is 0.962. The molecule has 0 aromatic heterocycles. The lowest BCUT2D eigenvalue weighted by Gasteiger charge is -2.18. The first-order valence-corrected chi connectivity index (χ1v) is 7.82. The predicted molar refractivity (Wildman–Crippen MR) is 75.7 cm³/mol. The molecular formula is C13H22S2. The van der Waals surface area contributed by atoms with Gasteiger partial charge in [-0.3, -0.25) is 0 Å². The number of hydrogen-bond acceptors (Lipinski definition) is 2. The molecule has 1 rings (SSSR count). The van der Waals surface area contributed by atoms with E-state index in [1.165, 1.54) is 36.3 Å². The van der Waals surface area contributed by atoms with E-state index in [-0.39, 0.29) is 0 Å². The van der Waals surface area contributed by atoms with Gasteiger partial charge in [-0.2, -0.15) is 0 Å². The standard InChI is InChI=1S/C13H22S2/c1-11(2)6-4-7-12(3)10-13-14-8-5-9-15-13/h6,10,13H,4-5,7-9H2,1-3H3/b12-10-. The summed E-state index contributed by atoms with van der Waals surface area (Å²) >= 11 is 4.20. The maximum Gasteiger partial charge on any atom is 0.0684 e. The SMILES string of the molecule is CC(C)=CCC/C(C)=C\C1SCCCS1. The molecule has 0 amide bonds. The molecule has 15 heavy (non-hydrogen) atoms. The van der Waals surface area contributed by atoms with Gasteiger partial charge >= 0.3 is 0 Å². The van der Waals surface area contributed by atoms with Gasteiger partial charge in [-0.25, -0.2) is 0 Å². The van der Waals surface area contributed by atoms with Gasteiger partial charge in [0.2, 0.25) is 0 Å². The van der Waals surface area contributed by atoms with E-state index in [1.54, 1.807) is 5.57 Å². The van der Waals surface area contributed by atoms with Crippen LogP contribution in [-0.4, -0.2) is 16.1 Å². The monoisotopic (exact) mass is 242 g/mol. The molecule has 1 aliphatic heterocycles. The van der Waals surface area contributed by atoms with Crippen molar-refractivity contribution in [2.24, 2.45) is 0 Å². The lowest BCUT2D eigenvalue weighted by atomic mass is 10.1. The topological polar surface area (TPSA) is 0 Å². The van der Waals surface area contributed by atoms with Crippen molar-refractivity contribution in [3.8, 4) is 0 Å². The van der Waals surface area contributed by atoms with Gasteiger partial charge in [0.25, 0.3) is 0 Å². The van der Waals surface area contributed by atoms with Gasteiger partial charge in [0.05, 0.1) is 4.58 Å². The Hall–Kier alpha value is 0.180. The van der Waals surface area contributed by atoms with Crippen molar-refractivity contribution in [1.29, 1.82) is 0 Å². The Labute approximate surface area is 103 Å². The number of rotatable bonds is 4. The third kappa shape index (κ3) is 6.36. The van der Waals surface area contributed by atoms with Crippen molar-refractivity contribution < 1.29 is 0 Å². The summed E-state index contributed by atoms with van der Waals surface area (Å²) in [6.07, 6.45) is 8.61. The van der Waals surface area contributed by atoms with E-state index in [4.69, 9.17) is 0 Å². The Balaban J connectivity index is 2.28. The highest BCUT2D eigenvalue weighted by Gasteiger charge is 2.11. The minimum Gasteiger partial charge on any atom is -0.143 e. The van der Waals surface area contributed by atoms with Crippen LogP contribution < -0.4 is 0 Å². The molecule has 0 radical (unpaired) electrons. The van der Waals surface area contributed by atoms with Crippen LogP contribution in [0.2, 0.25) is 0 Å². The van der Waals surface area contributed by atoms with Gasteiger partial charge in [-0.05, 0) is 51.5 Å². The van der Waals surface area contributed by atoms with Crippen LogP contribution in [0.3, 0.4) is 0 Å². The second-order valence-electron chi connectivity index (χ2n) is 4.30. The van der Waals surface area contributed by atoms with Crippen molar-refractivity contribution in [3.05, 3.63) is 23.3 Å². The first-order valence-electron chi connectivity index (χ1n) is 5.72. The van der Waals surface area contributed by atoms with Crippen LogP contribution in [0.15, 0.2) is 23.3 Å². The van der Waals surface area contributed by atoms with Crippen LogP contribution in [0.5, 0.6) is 0 Å². The minimum atomic E-state index is 0.727. The summed E-state index contributed by atoms with van der Waals surface area (Å²) in [5.41, 5.74) is 2.99. The van der Waals surface area contributed by atoms with E-state index in [2.05, 4.69) is 56.4 Å². The van der Waals surface area contributed by atoms with Gasteiger partial charge < -0.3 is 0 Å². The van der Waals surface area contributed by atoms with Crippen LogP contribution in [0.4, 0.5) is 0 Å². The summed E-state index contributed by atoms with van der Waals surface area (Å²) in [5, 5.41) is 0. The normalized spacial score (nSPS) is 19.0.